The van der Waals surface area contributed by atoms with E-state index in [1.807, 2.05) is 131 Å². The van der Waals surface area contributed by atoms with Gasteiger partial charge in [0.05, 0.1) is 22.2 Å². The van der Waals surface area contributed by atoms with Crippen molar-refractivity contribution in [3.05, 3.63) is 248 Å². The van der Waals surface area contributed by atoms with Gasteiger partial charge in [-0.05, 0) is 134 Å². The van der Waals surface area contributed by atoms with Gasteiger partial charge in [-0.2, -0.15) is 9.97 Å². The Kier molecular flexibility index (Phi) is 18.0. The molecule has 17 heteroatoms. The molecule has 2 saturated heterocycles. The Balaban J connectivity index is 0.000000122. The van der Waals surface area contributed by atoms with Crippen molar-refractivity contribution in [2.75, 3.05) is 13.2 Å². The second-order valence-corrected chi connectivity index (χ2v) is 28.0. The average Bonchev–Trinajstić information content (AvgIpc) is 1.59. The fraction of sp³-hybridized carbons (Fsp3) is 0.143. The molecule has 0 bridgehead atoms. The zero-order valence-electron chi connectivity index (χ0n) is 54.3. The summed E-state index contributed by atoms with van der Waals surface area (Å²) in [5.74, 6) is 2.90. The Hall–Kier alpha value is -10.7. The molecule has 496 valence electrons. The largest absolute Gasteiger partial charge is 0.515 e. The zero-order valence-corrected chi connectivity index (χ0v) is 56.7. The van der Waals surface area contributed by atoms with Crippen LogP contribution in [-0.4, -0.2) is 71.4 Å². The molecule has 0 saturated carbocycles. The Morgan fingerprint density at radius 2 is 0.792 bits per heavy atom. The highest BCUT2D eigenvalue weighted by Crippen LogP contribution is 2.44. The van der Waals surface area contributed by atoms with E-state index in [1.165, 1.54) is 47.8 Å². The van der Waals surface area contributed by atoms with Crippen LogP contribution >= 0.6 is 34.3 Å². The van der Waals surface area contributed by atoms with Crippen LogP contribution in [0.1, 0.15) is 55.4 Å². The van der Waals surface area contributed by atoms with Crippen LogP contribution in [0.3, 0.4) is 0 Å². The van der Waals surface area contributed by atoms with E-state index in [2.05, 4.69) is 142 Å². The molecule has 0 amide bonds. The first-order valence-corrected chi connectivity index (χ1v) is 34.9. The third-order valence-corrected chi connectivity index (χ3v) is 21.1. The molecule has 13 nitrogen and oxygen atoms in total. The van der Waals surface area contributed by atoms with Crippen LogP contribution in [0.2, 0.25) is 5.28 Å². The van der Waals surface area contributed by atoms with Crippen molar-refractivity contribution in [1.29, 1.82) is 0 Å². The van der Waals surface area contributed by atoms with Gasteiger partial charge >= 0.3 is 7.12 Å². The number of ether oxygens (including phenoxy) is 1. The number of benzene rings is 10. The summed E-state index contributed by atoms with van der Waals surface area (Å²) in [6.07, 6.45) is 6.07. The average molecular weight is 1380 g/mol. The SMILES string of the molecule is C.C.C1CCOC1.CC1(C)OB(c2nccc3oc4cc5ccccc5cc4c23)OC1(C)C.Clc1nc(-c2ccccc2)nc(-c2cccc3sc4ccccc4c23)n1.c1ccc(-c2nc(-c3nccc4oc5cc6ccccc6cc5c34)nc(-c3cccc4sc5ccccc5c34)n2)cc1. The summed E-state index contributed by atoms with van der Waals surface area (Å²) in [7, 11) is -0.518. The predicted molar refractivity (Wildman–Crippen MR) is 418 cm³/mol. The Labute approximate surface area is 596 Å². The molecular weight excluding hydrogens is 1310 g/mol. The topological polar surface area (TPSA) is 157 Å². The van der Waals surface area contributed by atoms with Crippen molar-refractivity contribution >= 4 is 153 Å². The van der Waals surface area contributed by atoms with Gasteiger partial charge < -0.3 is 22.9 Å². The highest BCUT2D eigenvalue weighted by Gasteiger charge is 2.53. The number of hydrogen-bond acceptors (Lipinski definition) is 15. The molecule has 0 aliphatic carbocycles. The van der Waals surface area contributed by atoms with E-state index in [0.717, 1.165) is 112 Å². The van der Waals surface area contributed by atoms with E-state index in [4.69, 9.17) is 59.4 Å². The molecule has 0 atom stereocenters. The number of aromatic nitrogens is 8. The number of thiophene rings is 2. The molecular formula is C84H68BClN8O5S2. The molecule has 0 unspecified atom stereocenters. The second-order valence-electron chi connectivity index (χ2n) is 25.4. The molecule has 2 aliphatic heterocycles. The third-order valence-electron chi connectivity index (χ3n) is 18.6. The number of nitrogens with zero attached hydrogens (tertiary/aromatic N) is 8. The number of furan rings is 2. The summed E-state index contributed by atoms with van der Waals surface area (Å²) in [5, 5.41) is 13.4. The molecule has 2 aliphatic rings. The van der Waals surface area contributed by atoms with E-state index in [1.54, 1.807) is 35.1 Å². The fourth-order valence-corrected chi connectivity index (χ4v) is 15.5. The number of fused-ring (bicyclic) bond motifs is 14. The molecule has 10 aromatic carbocycles. The van der Waals surface area contributed by atoms with Gasteiger partial charge in [-0.1, -0.05) is 185 Å². The molecule has 10 heterocycles. The van der Waals surface area contributed by atoms with E-state index in [-0.39, 0.29) is 20.1 Å². The molecule has 2 fully saturated rings. The van der Waals surface area contributed by atoms with Crippen LogP contribution in [-0.2, 0) is 14.0 Å². The summed E-state index contributed by atoms with van der Waals surface area (Å²) >= 11 is 9.79. The van der Waals surface area contributed by atoms with Crippen molar-refractivity contribution in [2.24, 2.45) is 0 Å². The first-order chi connectivity index (χ1) is 48.4. The Bertz CT molecular complexity index is 6090. The van der Waals surface area contributed by atoms with E-state index < -0.39 is 18.3 Å². The minimum atomic E-state index is -0.518. The normalized spacial score (nSPS) is 13.9. The van der Waals surface area contributed by atoms with Crippen LogP contribution < -0.4 is 5.59 Å². The van der Waals surface area contributed by atoms with Crippen molar-refractivity contribution in [3.8, 4) is 57.1 Å². The fourth-order valence-electron chi connectivity index (χ4n) is 13.1. The lowest BCUT2D eigenvalue weighted by molar-refractivity contribution is 0.00578. The standard InChI is InChI=1S/C36H20N4OS.C21H20BNO3.C21H12ClN3S.C4H8O.2CH4/c1-2-9-21(10-3-1)34-38-35(25-14-8-16-30-31(25)24-13-6-7-15-29(24)42-30)40-36(39-34)33-32-26-19-22-11-4-5-12-23(22)20-28(26)41-27(32)17-18-37-33;1-20(2)21(3,4)26-22(25-20)19-18-15-11-13-7-5-6-8-14(13)12-17(15)24-16(18)9-10-23-19;22-21-24-19(13-7-2-1-3-8-13)23-20(25-21)15-10-6-12-17-18(15)14-9-4-5-11-16(14)26-17;1-2-4-5-3-1;;/h1-20H;5-12H,1-4H3;1-12H;1-4H2;2*1H4. The molecule has 0 spiro atoms. The van der Waals surface area contributed by atoms with Crippen molar-refractivity contribution in [3.63, 3.8) is 0 Å². The molecule has 8 aromatic heterocycles. The number of hydrogen-bond donors (Lipinski definition) is 0. The smallest absolute Gasteiger partial charge is 0.456 e. The summed E-state index contributed by atoms with van der Waals surface area (Å²) in [6.45, 7) is 10.2. The number of halogens is 1. The zero-order chi connectivity index (χ0) is 66.8. The molecule has 18 aromatic rings. The highest BCUT2D eigenvalue weighted by molar-refractivity contribution is 7.26. The minimum Gasteiger partial charge on any atom is -0.456 e. The van der Waals surface area contributed by atoms with Crippen molar-refractivity contribution in [1.82, 2.24) is 39.9 Å². The lowest BCUT2D eigenvalue weighted by Gasteiger charge is -2.32. The lowest BCUT2D eigenvalue weighted by Crippen LogP contribution is -2.41. The first kappa shape index (κ1) is 66.2. The minimum absolute atomic E-state index is 0. The van der Waals surface area contributed by atoms with Crippen LogP contribution in [0, 0.1) is 0 Å². The molecule has 0 N–H and O–H groups in total. The Morgan fingerprint density at radius 3 is 1.32 bits per heavy atom. The maximum atomic E-state index is 6.34. The van der Waals surface area contributed by atoms with Gasteiger partial charge in [-0.3, -0.25) is 9.97 Å². The summed E-state index contributed by atoms with van der Waals surface area (Å²) in [6, 6.07) is 78.2. The summed E-state index contributed by atoms with van der Waals surface area (Å²) in [4.78, 5) is 38.0. The summed E-state index contributed by atoms with van der Waals surface area (Å²) < 4.78 is 34.8. The van der Waals surface area contributed by atoms with E-state index in [0.29, 0.717) is 34.8 Å². The van der Waals surface area contributed by atoms with Crippen LogP contribution in [0.5, 0.6) is 0 Å². The molecule has 0 radical (unpaired) electrons. The van der Waals surface area contributed by atoms with Crippen LogP contribution in [0.25, 0.3) is 163 Å². The third kappa shape index (κ3) is 12.5. The van der Waals surface area contributed by atoms with Crippen LogP contribution in [0.15, 0.2) is 252 Å². The van der Waals surface area contributed by atoms with Gasteiger partial charge in [0.15, 0.2) is 29.1 Å². The van der Waals surface area contributed by atoms with E-state index in [9.17, 15) is 0 Å². The highest BCUT2D eigenvalue weighted by atomic mass is 35.5. The van der Waals surface area contributed by atoms with Crippen LogP contribution in [0.4, 0.5) is 0 Å². The van der Waals surface area contributed by atoms with Gasteiger partial charge in [-0.15, -0.1) is 22.7 Å². The van der Waals surface area contributed by atoms with Crippen molar-refractivity contribution < 1.29 is 22.9 Å². The maximum absolute atomic E-state index is 6.34. The molecule has 20 rings (SSSR count). The summed E-state index contributed by atoms with van der Waals surface area (Å²) in [5.41, 5.74) is 7.62. The van der Waals surface area contributed by atoms with Gasteiger partial charge in [0.25, 0.3) is 0 Å². The van der Waals surface area contributed by atoms with Crippen molar-refractivity contribution in [2.45, 2.75) is 66.6 Å². The predicted octanol–water partition coefficient (Wildman–Crippen LogP) is 22.4. The monoisotopic (exact) mass is 1380 g/mol. The quantitative estimate of drug-likeness (QED) is 0.145. The number of pyridine rings is 2. The second kappa shape index (κ2) is 27.4. The molecule has 101 heavy (non-hydrogen) atoms. The Morgan fingerprint density at radius 1 is 0.376 bits per heavy atom. The van der Waals surface area contributed by atoms with Gasteiger partial charge in [0.2, 0.25) is 5.28 Å². The number of rotatable bonds is 6. The van der Waals surface area contributed by atoms with Gasteiger partial charge in [0, 0.05) is 104 Å². The maximum Gasteiger partial charge on any atom is 0.515 e. The lowest BCUT2D eigenvalue weighted by atomic mass is 9.81. The van der Waals surface area contributed by atoms with Gasteiger partial charge in [0.1, 0.15) is 28.0 Å². The van der Waals surface area contributed by atoms with Gasteiger partial charge in [-0.25, -0.2) is 19.9 Å². The first-order valence-electron chi connectivity index (χ1n) is 32.9. The van der Waals surface area contributed by atoms with E-state index >= 15 is 0 Å².